The SMILES string of the molecule is CCS(=O)(=O)Nc1cccc(OCCCCC2CCc3ccccc3N2)n1. The van der Waals surface area contributed by atoms with Crippen LogP contribution in [0.5, 0.6) is 5.88 Å². The van der Waals surface area contributed by atoms with Crippen LogP contribution in [0.15, 0.2) is 42.5 Å². The zero-order valence-electron chi connectivity index (χ0n) is 15.6. The molecule has 0 saturated heterocycles. The molecule has 2 N–H and O–H groups in total. The van der Waals surface area contributed by atoms with Crippen molar-refractivity contribution in [3.8, 4) is 5.88 Å². The Balaban J connectivity index is 1.38. The van der Waals surface area contributed by atoms with Gasteiger partial charge in [0.05, 0.1) is 12.4 Å². The van der Waals surface area contributed by atoms with Gasteiger partial charge in [0.1, 0.15) is 5.82 Å². The van der Waals surface area contributed by atoms with E-state index in [0.717, 1.165) is 25.7 Å². The lowest BCUT2D eigenvalue weighted by Crippen LogP contribution is -2.25. The summed E-state index contributed by atoms with van der Waals surface area (Å²) >= 11 is 0. The number of benzene rings is 1. The fraction of sp³-hybridized carbons (Fsp3) is 0.450. The van der Waals surface area contributed by atoms with Gasteiger partial charge >= 0.3 is 0 Å². The maximum Gasteiger partial charge on any atom is 0.233 e. The molecule has 146 valence electrons. The molecule has 0 radical (unpaired) electrons. The number of aryl methyl sites for hydroxylation is 1. The predicted molar refractivity (Wildman–Crippen MR) is 109 cm³/mol. The number of fused-ring (bicyclic) bond motifs is 1. The van der Waals surface area contributed by atoms with E-state index in [0.29, 0.717) is 24.3 Å². The number of aromatic nitrogens is 1. The number of rotatable bonds is 9. The minimum absolute atomic E-state index is 0.0133. The van der Waals surface area contributed by atoms with Crippen LogP contribution in [0.2, 0.25) is 0 Å². The van der Waals surface area contributed by atoms with Gasteiger partial charge in [-0.05, 0) is 56.7 Å². The Morgan fingerprint density at radius 3 is 2.89 bits per heavy atom. The summed E-state index contributed by atoms with van der Waals surface area (Å²) in [5.41, 5.74) is 2.67. The number of pyridine rings is 1. The molecular weight excluding hydrogens is 362 g/mol. The summed E-state index contributed by atoms with van der Waals surface area (Å²) in [5.74, 6) is 0.745. The highest BCUT2D eigenvalue weighted by molar-refractivity contribution is 7.92. The van der Waals surface area contributed by atoms with Crippen LogP contribution < -0.4 is 14.8 Å². The van der Waals surface area contributed by atoms with E-state index >= 15 is 0 Å². The summed E-state index contributed by atoms with van der Waals surface area (Å²) in [4.78, 5) is 4.19. The highest BCUT2D eigenvalue weighted by atomic mass is 32.2. The average Bonchev–Trinajstić information content (AvgIpc) is 2.67. The van der Waals surface area contributed by atoms with E-state index in [1.165, 1.54) is 17.7 Å². The first kappa shape index (κ1) is 19.5. The van der Waals surface area contributed by atoms with Gasteiger partial charge in [-0.1, -0.05) is 24.3 Å². The van der Waals surface area contributed by atoms with Gasteiger partial charge in [0.15, 0.2) is 0 Å². The van der Waals surface area contributed by atoms with Crippen molar-refractivity contribution in [3.05, 3.63) is 48.0 Å². The Bertz CT molecular complexity index is 855. The summed E-state index contributed by atoms with van der Waals surface area (Å²) in [6, 6.07) is 14.1. The Kier molecular flexibility index (Phi) is 6.55. The molecule has 1 aromatic carbocycles. The molecule has 27 heavy (non-hydrogen) atoms. The fourth-order valence-electron chi connectivity index (χ4n) is 3.17. The zero-order chi connectivity index (χ0) is 19.1. The number of unbranched alkanes of at least 4 members (excludes halogenated alkanes) is 1. The summed E-state index contributed by atoms with van der Waals surface area (Å²) in [6.07, 6.45) is 5.42. The number of nitrogens with one attached hydrogen (secondary N) is 2. The van der Waals surface area contributed by atoms with Crippen molar-refractivity contribution in [1.82, 2.24) is 4.98 Å². The van der Waals surface area contributed by atoms with Crippen LogP contribution in [0.4, 0.5) is 11.5 Å². The molecule has 6 nitrogen and oxygen atoms in total. The van der Waals surface area contributed by atoms with Crippen molar-refractivity contribution >= 4 is 21.5 Å². The van der Waals surface area contributed by atoms with Gasteiger partial charge in [-0.25, -0.2) is 8.42 Å². The van der Waals surface area contributed by atoms with Crippen LogP contribution in [-0.4, -0.2) is 31.8 Å². The smallest absolute Gasteiger partial charge is 0.233 e. The lowest BCUT2D eigenvalue weighted by Gasteiger charge is -2.27. The highest BCUT2D eigenvalue weighted by Crippen LogP contribution is 2.26. The van der Waals surface area contributed by atoms with Gasteiger partial charge in [0, 0.05) is 17.8 Å². The third kappa shape index (κ3) is 5.85. The van der Waals surface area contributed by atoms with E-state index in [1.807, 2.05) is 0 Å². The Morgan fingerprint density at radius 2 is 2.04 bits per heavy atom. The number of ether oxygens (including phenoxy) is 1. The summed E-state index contributed by atoms with van der Waals surface area (Å²) in [6.45, 7) is 2.16. The summed E-state index contributed by atoms with van der Waals surface area (Å²) < 4.78 is 31.3. The molecule has 1 aliphatic rings. The monoisotopic (exact) mass is 389 g/mol. The predicted octanol–water partition coefficient (Wildman–Crippen LogP) is 3.82. The number of hydrogen-bond donors (Lipinski definition) is 2. The van der Waals surface area contributed by atoms with E-state index in [-0.39, 0.29) is 5.75 Å². The van der Waals surface area contributed by atoms with Crippen molar-refractivity contribution in [3.63, 3.8) is 0 Å². The van der Waals surface area contributed by atoms with Crippen LogP contribution >= 0.6 is 0 Å². The summed E-state index contributed by atoms with van der Waals surface area (Å²) in [5, 5.41) is 3.62. The minimum atomic E-state index is -3.33. The molecule has 1 unspecified atom stereocenters. The van der Waals surface area contributed by atoms with Gasteiger partial charge in [0.25, 0.3) is 0 Å². The van der Waals surface area contributed by atoms with Crippen molar-refractivity contribution in [2.75, 3.05) is 22.4 Å². The van der Waals surface area contributed by atoms with E-state index < -0.39 is 10.0 Å². The van der Waals surface area contributed by atoms with Crippen molar-refractivity contribution in [2.45, 2.75) is 45.1 Å². The maximum absolute atomic E-state index is 11.6. The molecule has 1 atom stereocenters. The number of nitrogens with zero attached hydrogens (tertiary/aromatic N) is 1. The molecule has 7 heteroatoms. The number of sulfonamides is 1. The fourth-order valence-corrected chi connectivity index (χ4v) is 3.75. The molecule has 2 aromatic rings. The number of anilines is 2. The molecule has 3 rings (SSSR count). The second-order valence-electron chi connectivity index (χ2n) is 6.75. The first-order valence-electron chi connectivity index (χ1n) is 9.50. The lowest BCUT2D eigenvalue weighted by atomic mass is 9.95. The van der Waals surface area contributed by atoms with Crippen LogP contribution in [0.1, 0.15) is 38.2 Å². The van der Waals surface area contributed by atoms with Gasteiger partial charge < -0.3 is 10.1 Å². The molecule has 0 saturated carbocycles. The van der Waals surface area contributed by atoms with E-state index in [9.17, 15) is 8.42 Å². The van der Waals surface area contributed by atoms with Gasteiger partial charge in [0.2, 0.25) is 15.9 Å². The van der Waals surface area contributed by atoms with E-state index in [2.05, 4.69) is 39.3 Å². The van der Waals surface area contributed by atoms with Crippen LogP contribution in [0.25, 0.3) is 0 Å². The van der Waals surface area contributed by atoms with E-state index in [4.69, 9.17) is 4.74 Å². The lowest BCUT2D eigenvalue weighted by molar-refractivity contribution is 0.292. The van der Waals surface area contributed by atoms with E-state index in [1.54, 1.807) is 25.1 Å². The second-order valence-corrected chi connectivity index (χ2v) is 8.76. The average molecular weight is 390 g/mol. The van der Waals surface area contributed by atoms with Crippen molar-refractivity contribution < 1.29 is 13.2 Å². The maximum atomic E-state index is 11.6. The standard InChI is InChI=1S/C20H27N3O3S/c1-2-27(24,25)23-19-11-7-12-20(22-19)26-15-6-5-9-17-14-13-16-8-3-4-10-18(16)21-17/h3-4,7-8,10-12,17,21H,2,5-6,9,13-15H2,1H3,(H,22,23). The van der Waals surface area contributed by atoms with Crippen molar-refractivity contribution in [1.29, 1.82) is 0 Å². The van der Waals surface area contributed by atoms with Gasteiger partial charge in [-0.2, -0.15) is 4.98 Å². The molecule has 1 aromatic heterocycles. The number of hydrogen-bond acceptors (Lipinski definition) is 5. The molecule has 0 bridgehead atoms. The van der Waals surface area contributed by atoms with Crippen molar-refractivity contribution in [2.24, 2.45) is 0 Å². The first-order valence-corrected chi connectivity index (χ1v) is 11.2. The van der Waals surface area contributed by atoms with Gasteiger partial charge in [-0.15, -0.1) is 0 Å². The third-order valence-electron chi connectivity index (χ3n) is 4.70. The second kappa shape index (κ2) is 9.08. The third-order valence-corrected chi connectivity index (χ3v) is 5.98. The molecule has 2 heterocycles. The van der Waals surface area contributed by atoms with Crippen LogP contribution in [-0.2, 0) is 16.4 Å². The Hall–Kier alpha value is -2.28. The van der Waals surface area contributed by atoms with Gasteiger partial charge in [-0.3, -0.25) is 4.72 Å². The van der Waals surface area contributed by atoms with Crippen LogP contribution in [0.3, 0.4) is 0 Å². The first-order chi connectivity index (χ1) is 13.1. The molecular formula is C20H27N3O3S. The minimum Gasteiger partial charge on any atom is -0.478 e. The molecule has 0 amide bonds. The molecule has 0 aliphatic carbocycles. The number of para-hydroxylation sites is 1. The van der Waals surface area contributed by atoms with Crippen LogP contribution in [0, 0.1) is 0 Å². The molecule has 0 spiro atoms. The zero-order valence-corrected chi connectivity index (χ0v) is 16.5. The normalized spacial score (nSPS) is 16.3. The Morgan fingerprint density at radius 1 is 1.19 bits per heavy atom. The highest BCUT2D eigenvalue weighted by Gasteiger charge is 2.16. The largest absolute Gasteiger partial charge is 0.478 e. The quantitative estimate of drug-likeness (QED) is 0.637. The molecule has 1 aliphatic heterocycles. The summed E-state index contributed by atoms with van der Waals surface area (Å²) in [7, 11) is -3.33. The Labute approximate surface area is 161 Å². The molecule has 0 fully saturated rings. The topological polar surface area (TPSA) is 80.3 Å².